The summed E-state index contributed by atoms with van der Waals surface area (Å²) in [4.78, 5) is 28.9. The highest BCUT2D eigenvalue weighted by atomic mass is 35.5. The molecule has 0 N–H and O–H groups in total. The molecule has 1 heterocycles. The summed E-state index contributed by atoms with van der Waals surface area (Å²) in [7, 11) is -4.11. The number of ether oxygens (including phenoxy) is 1. The first-order valence-electron chi connectivity index (χ1n) is 12.7. The minimum Gasteiger partial charge on any atom is -0.444 e. The molecule has 1 aliphatic rings. The van der Waals surface area contributed by atoms with E-state index in [0.29, 0.717) is 47.1 Å². The molecule has 220 valence electrons. The number of nitrogens with zero attached hydrogens (tertiary/aromatic N) is 3. The summed E-state index contributed by atoms with van der Waals surface area (Å²) < 4.78 is 73.8. The van der Waals surface area contributed by atoms with E-state index in [1.165, 1.54) is 30.0 Å². The second kappa shape index (κ2) is 12.4. The van der Waals surface area contributed by atoms with Gasteiger partial charge < -0.3 is 9.64 Å². The molecular weight excluding hydrogens is 571 g/mol. The molecule has 0 spiro atoms. The molecule has 3 rings (SSSR count). The Bertz CT molecular complexity index is 1340. The van der Waals surface area contributed by atoms with Crippen molar-refractivity contribution in [3.8, 4) is 0 Å². The normalized spacial score (nSPS) is 15.2. The minimum absolute atomic E-state index is 0.0606. The number of benzene rings is 2. The molecule has 0 saturated carbocycles. The van der Waals surface area contributed by atoms with E-state index in [4.69, 9.17) is 16.3 Å². The van der Waals surface area contributed by atoms with Crippen molar-refractivity contribution in [3.05, 3.63) is 69.7 Å². The minimum atomic E-state index is -4.79. The van der Waals surface area contributed by atoms with Gasteiger partial charge in [-0.15, -0.1) is 0 Å². The predicted octanol–water partition coefficient (Wildman–Crippen LogP) is 5.40. The largest absolute Gasteiger partial charge is 0.444 e. The van der Waals surface area contributed by atoms with Gasteiger partial charge in [-0.3, -0.25) is 9.69 Å². The van der Waals surface area contributed by atoms with E-state index in [-0.39, 0.29) is 18.7 Å². The van der Waals surface area contributed by atoms with Crippen molar-refractivity contribution >= 4 is 33.6 Å². The van der Waals surface area contributed by atoms with E-state index in [2.05, 4.69) is 0 Å². The molecule has 0 radical (unpaired) electrons. The number of carbonyl (C=O) groups is 2. The van der Waals surface area contributed by atoms with Gasteiger partial charge in [0.2, 0.25) is 10.0 Å². The molecule has 1 aliphatic heterocycles. The number of piperazine rings is 1. The number of carbonyl (C=O) groups excluding carboxylic acids is 2. The van der Waals surface area contributed by atoms with Crippen LogP contribution in [0.1, 0.15) is 54.7 Å². The van der Waals surface area contributed by atoms with Crippen LogP contribution < -0.4 is 0 Å². The molecule has 1 saturated heterocycles. The lowest BCUT2D eigenvalue weighted by atomic mass is 10.0. The molecule has 2 aromatic rings. The van der Waals surface area contributed by atoms with Crippen molar-refractivity contribution < 1.29 is 35.9 Å². The van der Waals surface area contributed by atoms with Crippen LogP contribution in [0.2, 0.25) is 5.02 Å². The molecule has 0 unspecified atom stereocenters. The number of amides is 2. The highest BCUT2D eigenvalue weighted by molar-refractivity contribution is 7.89. The third-order valence-corrected chi connectivity index (χ3v) is 8.15. The van der Waals surface area contributed by atoms with Crippen LogP contribution in [0, 0.1) is 0 Å². The average molecular weight is 604 g/mol. The Morgan fingerprint density at radius 1 is 1.02 bits per heavy atom. The highest BCUT2D eigenvalue weighted by Crippen LogP contribution is 2.34. The Morgan fingerprint density at radius 2 is 1.68 bits per heavy atom. The third-order valence-electron chi connectivity index (χ3n) is 6.22. The predicted molar refractivity (Wildman–Crippen MR) is 145 cm³/mol. The van der Waals surface area contributed by atoms with Crippen molar-refractivity contribution in [2.75, 3.05) is 31.9 Å². The highest BCUT2D eigenvalue weighted by Gasteiger charge is 2.36. The van der Waals surface area contributed by atoms with Crippen LogP contribution in [0.25, 0.3) is 0 Å². The van der Waals surface area contributed by atoms with E-state index in [0.717, 1.165) is 0 Å². The fourth-order valence-corrected chi connectivity index (χ4v) is 5.39. The van der Waals surface area contributed by atoms with Crippen LogP contribution in [0.3, 0.4) is 0 Å². The zero-order valence-corrected chi connectivity index (χ0v) is 24.4. The lowest BCUT2D eigenvalue weighted by Crippen LogP contribution is -2.49. The molecule has 13 heteroatoms. The maximum Gasteiger partial charge on any atom is 0.416 e. The Morgan fingerprint density at radius 3 is 2.23 bits per heavy atom. The zero-order valence-electron chi connectivity index (χ0n) is 22.8. The quantitative estimate of drug-likeness (QED) is 0.421. The molecule has 40 heavy (non-hydrogen) atoms. The average Bonchev–Trinajstić information content (AvgIpc) is 2.86. The fraction of sp³-hybridized carbons (Fsp3) is 0.481. The molecule has 1 fully saturated rings. The summed E-state index contributed by atoms with van der Waals surface area (Å²) >= 11 is 5.98. The second-order valence-corrected chi connectivity index (χ2v) is 13.1. The third kappa shape index (κ3) is 8.34. The SMILES string of the molecule is CCS(=O)(=O)N(Cc1cccc(Cl)c1)C(=O)c1ccc(CN2CCN(C(=O)OC(C)(C)C)CC2)c(C(F)(F)F)c1. The van der Waals surface area contributed by atoms with Crippen molar-refractivity contribution in [1.29, 1.82) is 0 Å². The van der Waals surface area contributed by atoms with Gasteiger partial charge in [0, 0.05) is 43.3 Å². The summed E-state index contributed by atoms with van der Waals surface area (Å²) in [6.07, 6.45) is -5.26. The van der Waals surface area contributed by atoms with Crippen LogP contribution in [-0.4, -0.2) is 72.1 Å². The van der Waals surface area contributed by atoms with Crippen LogP contribution >= 0.6 is 11.6 Å². The van der Waals surface area contributed by atoms with Gasteiger partial charge in [-0.05, 0) is 63.1 Å². The Labute approximate surface area is 237 Å². The summed E-state index contributed by atoms with van der Waals surface area (Å²) in [5.74, 6) is -1.48. The molecule has 2 aromatic carbocycles. The lowest BCUT2D eigenvalue weighted by molar-refractivity contribution is -0.138. The van der Waals surface area contributed by atoms with Gasteiger partial charge in [-0.1, -0.05) is 29.8 Å². The monoisotopic (exact) mass is 603 g/mol. The maximum atomic E-state index is 14.1. The van der Waals surface area contributed by atoms with E-state index < -0.39 is 50.7 Å². The molecule has 8 nitrogen and oxygen atoms in total. The van der Waals surface area contributed by atoms with E-state index in [1.807, 2.05) is 0 Å². The van der Waals surface area contributed by atoms with Crippen molar-refractivity contribution in [3.63, 3.8) is 0 Å². The van der Waals surface area contributed by atoms with Crippen molar-refractivity contribution in [2.24, 2.45) is 0 Å². The van der Waals surface area contributed by atoms with Crippen molar-refractivity contribution in [1.82, 2.24) is 14.1 Å². The Balaban J connectivity index is 1.83. The van der Waals surface area contributed by atoms with E-state index in [9.17, 15) is 31.2 Å². The van der Waals surface area contributed by atoms with Gasteiger partial charge in [0.15, 0.2) is 0 Å². The van der Waals surface area contributed by atoms with E-state index in [1.54, 1.807) is 43.9 Å². The number of halogens is 4. The van der Waals surface area contributed by atoms with Gasteiger partial charge in [-0.2, -0.15) is 13.2 Å². The van der Waals surface area contributed by atoms with Gasteiger partial charge in [-0.25, -0.2) is 17.5 Å². The summed E-state index contributed by atoms with van der Waals surface area (Å²) in [6, 6.07) is 9.33. The lowest BCUT2D eigenvalue weighted by Gasteiger charge is -2.36. The van der Waals surface area contributed by atoms with Crippen LogP contribution in [0.4, 0.5) is 18.0 Å². The fourth-order valence-electron chi connectivity index (χ4n) is 4.16. The van der Waals surface area contributed by atoms with Crippen molar-refractivity contribution in [2.45, 2.75) is 52.6 Å². The summed E-state index contributed by atoms with van der Waals surface area (Å²) in [5, 5.41) is 0.328. The van der Waals surface area contributed by atoms with Crippen LogP contribution in [0.15, 0.2) is 42.5 Å². The number of alkyl halides is 3. The van der Waals surface area contributed by atoms with Gasteiger partial charge in [0.05, 0.1) is 17.9 Å². The number of hydrogen-bond acceptors (Lipinski definition) is 6. The van der Waals surface area contributed by atoms with E-state index >= 15 is 0 Å². The topological polar surface area (TPSA) is 87.2 Å². The molecule has 0 aliphatic carbocycles. The molecule has 2 amide bonds. The van der Waals surface area contributed by atoms with Crippen LogP contribution in [0.5, 0.6) is 0 Å². The van der Waals surface area contributed by atoms with Crippen LogP contribution in [-0.2, 0) is 34.0 Å². The number of sulfonamides is 1. The Kier molecular flexibility index (Phi) is 9.79. The number of rotatable bonds is 7. The molecular formula is C27H33ClF3N3O5S. The first-order chi connectivity index (χ1) is 18.5. The van der Waals surface area contributed by atoms with Gasteiger partial charge in [0.25, 0.3) is 5.91 Å². The Hall–Kier alpha value is -2.83. The summed E-state index contributed by atoms with van der Waals surface area (Å²) in [5.41, 5.74) is -1.73. The molecule has 0 aromatic heterocycles. The smallest absolute Gasteiger partial charge is 0.416 e. The van der Waals surface area contributed by atoms with Gasteiger partial charge in [0.1, 0.15) is 5.60 Å². The molecule has 0 atom stereocenters. The number of hydrogen-bond donors (Lipinski definition) is 0. The molecule has 0 bridgehead atoms. The second-order valence-electron chi connectivity index (χ2n) is 10.5. The summed E-state index contributed by atoms with van der Waals surface area (Å²) in [6.45, 7) is 7.41. The van der Waals surface area contributed by atoms with Gasteiger partial charge >= 0.3 is 12.3 Å². The maximum absolute atomic E-state index is 14.1. The first kappa shape index (κ1) is 31.7. The zero-order chi connectivity index (χ0) is 29.9. The first-order valence-corrected chi connectivity index (χ1v) is 14.7. The standard InChI is InChI=1S/C27H33ClF3N3O5S/c1-5-40(37,38)34(17-19-7-6-8-22(28)15-19)24(35)20-9-10-21(23(16-20)27(29,30)31)18-32-11-13-33(14-12-32)25(36)39-26(2,3)4/h6-10,15-16H,5,11-14,17-18H2,1-4H3.